The number of nitrogens with one attached hydrogen (secondary N) is 2. The smallest absolute Gasteiger partial charge is 0.263 e. The maximum absolute atomic E-state index is 13.1. The number of fused-ring (bicyclic) bond motifs is 1. The van der Waals surface area contributed by atoms with E-state index in [1.54, 1.807) is 54.6 Å². The summed E-state index contributed by atoms with van der Waals surface area (Å²) in [5.41, 5.74) is 2.93. The fourth-order valence-electron chi connectivity index (χ4n) is 3.80. The average Bonchev–Trinajstić information content (AvgIpc) is 2.85. The van der Waals surface area contributed by atoms with Gasteiger partial charge in [-0.1, -0.05) is 36.7 Å². The molecule has 0 saturated carbocycles. The summed E-state index contributed by atoms with van der Waals surface area (Å²) in [6.45, 7) is 4.26. The number of benzene rings is 3. The van der Waals surface area contributed by atoms with Gasteiger partial charge in [-0.05, 0) is 73.5 Å². The highest BCUT2D eigenvalue weighted by Crippen LogP contribution is 2.25. The number of hydrogen-bond donors (Lipinski definition) is 2. The van der Waals surface area contributed by atoms with Gasteiger partial charge in [0.15, 0.2) is 0 Å². The minimum atomic E-state index is -0.535. The first-order chi connectivity index (χ1) is 16.4. The number of anilines is 2. The molecule has 6 nitrogen and oxygen atoms in total. The van der Waals surface area contributed by atoms with E-state index in [0.717, 1.165) is 12.0 Å². The van der Waals surface area contributed by atoms with Crippen molar-refractivity contribution in [2.24, 2.45) is 0 Å². The van der Waals surface area contributed by atoms with E-state index in [9.17, 15) is 14.4 Å². The molecule has 0 saturated heterocycles. The number of carbonyl (C=O) groups is 2. The standard InChI is InChI=1S/C27H24ClN3O3/c1-3-17-8-10-18(11-9-17)25(32)30-23-6-5-7-24-21(23)16-22(27(34)31(24)4-2)26(33)29-20-14-12-19(28)13-15-20/h5-16H,3-4H2,1-2H3,(H,29,33)(H,30,32). The second kappa shape index (κ2) is 9.93. The minimum absolute atomic E-state index is 0.0155. The Morgan fingerprint density at radius 1 is 0.882 bits per heavy atom. The van der Waals surface area contributed by atoms with E-state index in [1.165, 1.54) is 10.6 Å². The molecule has 0 aliphatic carbocycles. The lowest BCUT2D eigenvalue weighted by atomic mass is 10.1. The van der Waals surface area contributed by atoms with Crippen molar-refractivity contribution in [2.45, 2.75) is 26.8 Å². The summed E-state index contributed by atoms with van der Waals surface area (Å²) >= 11 is 5.91. The number of amides is 2. The Morgan fingerprint density at radius 3 is 2.24 bits per heavy atom. The molecule has 34 heavy (non-hydrogen) atoms. The molecule has 2 amide bonds. The molecule has 1 heterocycles. The van der Waals surface area contributed by atoms with Crippen LogP contribution in [0.1, 0.15) is 40.1 Å². The van der Waals surface area contributed by atoms with Crippen LogP contribution < -0.4 is 16.2 Å². The molecule has 7 heteroatoms. The van der Waals surface area contributed by atoms with Crippen molar-refractivity contribution >= 4 is 45.7 Å². The Labute approximate surface area is 202 Å². The number of carbonyl (C=O) groups excluding carboxylic acids is 2. The van der Waals surface area contributed by atoms with Gasteiger partial charge in [-0.15, -0.1) is 0 Å². The second-order valence-electron chi connectivity index (χ2n) is 7.81. The molecule has 0 radical (unpaired) electrons. The third-order valence-electron chi connectivity index (χ3n) is 5.67. The van der Waals surface area contributed by atoms with Crippen LogP contribution in [0.25, 0.3) is 10.9 Å². The Bertz CT molecular complexity index is 1420. The molecule has 0 fully saturated rings. The number of rotatable bonds is 6. The number of nitrogens with zero attached hydrogens (tertiary/aromatic N) is 1. The molecule has 0 spiro atoms. The normalized spacial score (nSPS) is 10.8. The highest BCUT2D eigenvalue weighted by Gasteiger charge is 2.18. The molecule has 0 unspecified atom stereocenters. The maximum Gasteiger partial charge on any atom is 0.263 e. The first kappa shape index (κ1) is 23.3. The van der Waals surface area contributed by atoms with Crippen molar-refractivity contribution in [1.82, 2.24) is 4.57 Å². The van der Waals surface area contributed by atoms with E-state index in [0.29, 0.717) is 39.4 Å². The van der Waals surface area contributed by atoms with Crippen LogP contribution >= 0.6 is 11.6 Å². The van der Waals surface area contributed by atoms with E-state index in [2.05, 4.69) is 17.6 Å². The summed E-state index contributed by atoms with van der Waals surface area (Å²) in [7, 11) is 0. The summed E-state index contributed by atoms with van der Waals surface area (Å²) in [6.07, 6.45) is 0.890. The van der Waals surface area contributed by atoms with Gasteiger partial charge in [-0.25, -0.2) is 0 Å². The zero-order valence-corrected chi connectivity index (χ0v) is 19.6. The van der Waals surface area contributed by atoms with Crippen LogP contribution in [0, 0.1) is 0 Å². The molecule has 172 valence electrons. The molecule has 3 aromatic carbocycles. The van der Waals surface area contributed by atoms with Crippen molar-refractivity contribution in [1.29, 1.82) is 0 Å². The number of hydrogen-bond acceptors (Lipinski definition) is 3. The van der Waals surface area contributed by atoms with E-state index in [1.807, 2.05) is 19.1 Å². The topological polar surface area (TPSA) is 80.2 Å². The zero-order valence-electron chi connectivity index (χ0n) is 18.9. The molecule has 4 aromatic rings. The Balaban J connectivity index is 1.73. The Kier molecular flexibility index (Phi) is 6.80. The molecule has 0 bridgehead atoms. The van der Waals surface area contributed by atoms with E-state index >= 15 is 0 Å². The van der Waals surface area contributed by atoms with E-state index < -0.39 is 11.5 Å². The lowest BCUT2D eigenvalue weighted by Gasteiger charge is -2.15. The van der Waals surface area contributed by atoms with Crippen molar-refractivity contribution in [3.8, 4) is 0 Å². The summed E-state index contributed by atoms with van der Waals surface area (Å²) in [6, 6.07) is 20.9. The molecule has 1 aromatic heterocycles. The molecular formula is C27H24ClN3O3. The van der Waals surface area contributed by atoms with Crippen molar-refractivity contribution < 1.29 is 9.59 Å². The molecule has 4 rings (SSSR count). The fourth-order valence-corrected chi connectivity index (χ4v) is 3.93. The van der Waals surface area contributed by atoms with E-state index in [4.69, 9.17) is 11.6 Å². The zero-order chi connectivity index (χ0) is 24.2. The van der Waals surface area contributed by atoms with Gasteiger partial charge in [-0.2, -0.15) is 0 Å². The molecule has 0 atom stereocenters. The lowest BCUT2D eigenvalue weighted by molar-refractivity contribution is 0.101. The van der Waals surface area contributed by atoms with Crippen molar-refractivity contribution in [3.63, 3.8) is 0 Å². The van der Waals surface area contributed by atoms with Gasteiger partial charge in [0.05, 0.1) is 11.2 Å². The SMILES string of the molecule is CCc1ccc(C(=O)Nc2cccc3c2cc(C(=O)Nc2ccc(Cl)cc2)c(=O)n3CC)cc1. The van der Waals surface area contributed by atoms with Crippen LogP contribution in [0.15, 0.2) is 77.6 Å². The van der Waals surface area contributed by atoms with Crippen molar-refractivity contribution in [3.05, 3.63) is 105 Å². The first-order valence-corrected chi connectivity index (χ1v) is 11.4. The number of halogens is 1. The Hall–Kier alpha value is -3.90. The molecule has 2 N–H and O–H groups in total. The predicted octanol–water partition coefficient (Wildman–Crippen LogP) is 5.74. The van der Waals surface area contributed by atoms with Crippen LogP contribution in [-0.4, -0.2) is 16.4 Å². The summed E-state index contributed by atoms with van der Waals surface area (Å²) in [5.74, 6) is -0.802. The third-order valence-corrected chi connectivity index (χ3v) is 5.93. The van der Waals surface area contributed by atoms with Crippen LogP contribution in [0.4, 0.5) is 11.4 Å². The molecular weight excluding hydrogens is 450 g/mol. The van der Waals surface area contributed by atoms with Crippen molar-refractivity contribution in [2.75, 3.05) is 10.6 Å². The van der Waals surface area contributed by atoms with E-state index in [-0.39, 0.29) is 11.5 Å². The van der Waals surface area contributed by atoms with Crippen LogP contribution in [0.5, 0.6) is 0 Å². The summed E-state index contributed by atoms with van der Waals surface area (Å²) in [4.78, 5) is 39.0. The van der Waals surface area contributed by atoms with Gasteiger partial charge in [-0.3, -0.25) is 14.4 Å². The van der Waals surface area contributed by atoms with Gasteiger partial charge in [0.25, 0.3) is 17.4 Å². The first-order valence-electron chi connectivity index (χ1n) is 11.0. The lowest BCUT2D eigenvalue weighted by Crippen LogP contribution is -2.29. The molecule has 0 aliphatic heterocycles. The number of aryl methyl sites for hydroxylation is 2. The minimum Gasteiger partial charge on any atom is -0.322 e. The average molecular weight is 474 g/mol. The van der Waals surface area contributed by atoms with Crippen LogP contribution in [0.2, 0.25) is 5.02 Å². The monoisotopic (exact) mass is 473 g/mol. The second-order valence-corrected chi connectivity index (χ2v) is 8.25. The Morgan fingerprint density at radius 2 is 1.59 bits per heavy atom. The fraction of sp³-hybridized carbons (Fsp3) is 0.148. The highest BCUT2D eigenvalue weighted by molar-refractivity contribution is 6.30. The van der Waals surface area contributed by atoms with Gasteiger partial charge >= 0.3 is 0 Å². The third kappa shape index (κ3) is 4.72. The largest absolute Gasteiger partial charge is 0.322 e. The van der Waals surface area contributed by atoms with Gasteiger partial charge < -0.3 is 15.2 Å². The number of pyridine rings is 1. The predicted molar refractivity (Wildman–Crippen MR) is 137 cm³/mol. The van der Waals surface area contributed by atoms with Gasteiger partial charge in [0.2, 0.25) is 0 Å². The quantitative estimate of drug-likeness (QED) is 0.374. The highest BCUT2D eigenvalue weighted by atomic mass is 35.5. The van der Waals surface area contributed by atoms with Gasteiger partial charge in [0, 0.05) is 28.2 Å². The number of aromatic nitrogens is 1. The summed E-state index contributed by atoms with van der Waals surface area (Å²) in [5, 5.41) is 6.82. The molecule has 0 aliphatic rings. The van der Waals surface area contributed by atoms with Gasteiger partial charge in [0.1, 0.15) is 5.56 Å². The summed E-state index contributed by atoms with van der Waals surface area (Å²) < 4.78 is 1.53. The van der Waals surface area contributed by atoms with Crippen LogP contribution in [-0.2, 0) is 13.0 Å². The maximum atomic E-state index is 13.1. The van der Waals surface area contributed by atoms with Crippen LogP contribution in [0.3, 0.4) is 0 Å².